The summed E-state index contributed by atoms with van der Waals surface area (Å²) >= 11 is 1.45. The highest BCUT2D eigenvalue weighted by molar-refractivity contribution is 7.17. The van der Waals surface area contributed by atoms with Crippen LogP contribution in [0.15, 0.2) is 48.5 Å². The Kier molecular flexibility index (Phi) is 8.61. The number of esters is 1. The zero-order chi connectivity index (χ0) is 25.5. The standard InChI is InChI=1S/C28H32N2O5S/c1-4-33-22-13-12-20(16-23(22)34-5-2)26(31)29-27-25(28(32)35-6-3)21-14-15-30(18-24(21)36-27)17-19-10-8-7-9-11-19/h7-13,16H,4-6,14-15,17-18H2,1-3H3,(H,29,31). The second-order valence-electron chi connectivity index (χ2n) is 8.36. The number of ether oxygens (including phenoxy) is 3. The van der Waals surface area contributed by atoms with E-state index in [0.717, 1.165) is 30.0 Å². The third-order valence-corrected chi connectivity index (χ3v) is 7.03. The monoisotopic (exact) mass is 508 g/mol. The van der Waals surface area contributed by atoms with Crippen molar-refractivity contribution in [1.82, 2.24) is 4.90 Å². The quantitative estimate of drug-likeness (QED) is 0.363. The minimum Gasteiger partial charge on any atom is -0.490 e. The van der Waals surface area contributed by atoms with Gasteiger partial charge in [-0.2, -0.15) is 0 Å². The van der Waals surface area contributed by atoms with Gasteiger partial charge in [0, 0.05) is 30.1 Å². The molecule has 2 aromatic carbocycles. The second-order valence-corrected chi connectivity index (χ2v) is 9.46. The summed E-state index contributed by atoms with van der Waals surface area (Å²) in [4.78, 5) is 29.6. The first kappa shape index (κ1) is 25.7. The van der Waals surface area contributed by atoms with Gasteiger partial charge in [-0.25, -0.2) is 4.79 Å². The molecule has 1 aliphatic heterocycles. The number of hydrogen-bond acceptors (Lipinski definition) is 7. The molecule has 2 heterocycles. The van der Waals surface area contributed by atoms with Crippen LogP contribution in [0.4, 0.5) is 5.00 Å². The molecule has 0 aliphatic carbocycles. The maximum absolute atomic E-state index is 13.2. The number of thiophene rings is 1. The number of nitrogens with zero attached hydrogens (tertiary/aromatic N) is 1. The molecule has 4 rings (SSSR count). The van der Waals surface area contributed by atoms with E-state index in [-0.39, 0.29) is 12.5 Å². The van der Waals surface area contributed by atoms with Gasteiger partial charge in [0.05, 0.1) is 25.4 Å². The number of benzene rings is 2. The van der Waals surface area contributed by atoms with Gasteiger partial charge in [0.2, 0.25) is 0 Å². The fraction of sp³-hybridized carbons (Fsp3) is 0.357. The SMILES string of the molecule is CCOC(=O)c1c(NC(=O)c2ccc(OCC)c(OCC)c2)sc2c1CCN(Cc1ccccc1)C2. The summed E-state index contributed by atoms with van der Waals surface area (Å²) in [6.45, 7) is 9.16. The average molecular weight is 509 g/mol. The highest BCUT2D eigenvalue weighted by Gasteiger charge is 2.30. The van der Waals surface area contributed by atoms with Crippen LogP contribution in [0.2, 0.25) is 0 Å². The van der Waals surface area contributed by atoms with Crippen molar-refractivity contribution < 1.29 is 23.8 Å². The first-order chi connectivity index (χ1) is 17.5. The molecule has 0 unspecified atom stereocenters. The predicted molar refractivity (Wildman–Crippen MR) is 141 cm³/mol. The van der Waals surface area contributed by atoms with Crippen molar-refractivity contribution in [2.24, 2.45) is 0 Å². The molecule has 1 aromatic heterocycles. The summed E-state index contributed by atoms with van der Waals surface area (Å²) < 4.78 is 16.6. The number of amides is 1. The van der Waals surface area contributed by atoms with Gasteiger partial charge in [0.1, 0.15) is 5.00 Å². The van der Waals surface area contributed by atoms with Gasteiger partial charge in [-0.15, -0.1) is 11.3 Å². The Balaban J connectivity index is 1.59. The molecule has 0 radical (unpaired) electrons. The van der Waals surface area contributed by atoms with Crippen molar-refractivity contribution in [3.05, 3.63) is 75.7 Å². The number of anilines is 1. The van der Waals surface area contributed by atoms with E-state index in [4.69, 9.17) is 14.2 Å². The number of carbonyl (C=O) groups excluding carboxylic acids is 2. The Labute approximate surface area is 216 Å². The van der Waals surface area contributed by atoms with Gasteiger partial charge in [-0.1, -0.05) is 30.3 Å². The molecule has 1 aliphatic rings. The molecule has 1 N–H and O–H groups in total. The molecule has 0 bridgehead atoms. The van der Waals surface area contributed by atoms with Crippen LogP contribution in [0.3, 0.4) is 0 Å². The van der Waals surface area contributed by atoms with Crippen molar-refractivity contribution in [2.75, 3.05) is 31.7 Å². The number of fused-ring (bicyclic) bond motifs is 1. The molecule has 0 atom stereocenters. The number of rotatable bonds is 10. The average Bonchev–Trinajstić information content (AvgIpc) is 3.23. The second kappa shape index (κ2) is 12.1. The lowest BCUT2D eigenvalue weighted by Crippen LogP contribution is -2.29. The van der Waals surface area contributed by atoms with Crippen LogP contribution in [0, 0.1) is 0 Å². The Morgan fingerprint density at radius 3 is 2.44 bits per heavy atom. The third kappa shape index (κ3) is 5.88. The summed E-state index contributed by atoms with van der Waals surface area (Å²) in [6.07, 6.45) is 0.722. The molecule has 7 nitrogen and oxygen atoms in total. The highest BCUT2D eigenvalue weighted by Crippen LogP contribution is 2.38. The fourth-order valence-electron chi connectivity index (χ4n) is 4.31. The Morgan fingerprint density at radius 2 is 1.72 bits per heavy atom. The van der Waals surface area contributed by atoms with Crippen molar-refractivity contribution >= 4 is 28.2 Å². The molecule has 1 amide bonds. The number of hydrogen-bond donors (Lipinski definition) is 1. The minimum atomic E-state index is -0.400. The molecule has 0 spiro atoms. The van der Waals surface area contributed by atoms with Crippen molar-refractivity contribution in [3.8, 4) is 11.5 Å². The molecular formula is C28H32N2O5S. The minimum absolute atomic E-state index is 0.271. The molecule has 190 valence electrons. The normalized spacial score (nSPS) is 13.1. The largest absolute Gasteiger partial charge is 0.490 e. The molecule has 3 aromatic rings. The van der Waals surface area contributed by atoms with E-state index in [2.05, 4.69) is 22.3 Å². The molecule has 0 saturated carbocycles. The molecular weight excluding hydrogens is 476 g/mol. The van der Waals surface area contributed by atoms with Crippen molar-refractivity contribution in [3.63, 3.8) is 0 Å². The van der Waals surface area contributed by atoms with Crippen LogP contribution in [0.25, 0.3) is 0 Å². The Morgan fingerprint density at radius 1 is 0.972 bits per heavy atom. The van der Waals surface area contributed by atoms with E-state index in [1.165, 1.54) is 16.9 Å². The maximum atomic E-state index is 13.2. The first-order valence-corrected chi connectivity index (χ1v) is 13.1. The van der Waals surface area contributed by atoms with Crippen LogP contribution in [0.5, 0.6) is 11.5 Å². The van der Waals surface area contributed by atoms with Crippen LogP contribution < -0.4 is 14.8 Å². The fourth-order valence-corrected chi connectivity index (χ4v) is 5.58. The van der Waals surface area contributed by atoms with E-state index in [1.807, 2.05) is 32.0 Å². The summed E-state index contributed by atoms with van der Waals surface area (Å²) in [5, 5.41) is 3.50. The van der Waals surface area contributed by atoms with Crippen molar-refractivity contribution in [1.29, 1.82) is 0 Å². The van der Waals surface area contributed by atoms with Crippen LogP contribution in [-0.4, -0.2) is 43.1 Å². The smallest absolute Gasteiger partial charge is 0.341 e. The topological polar surface area (TPSA) is 77.1 Å². The predicted octanol–water partition coefficient (Wildman–Crippen LogP) is 5.53. The number of nitrogens with one attached hydrogen (secondary N) is 1. The molecule has 0 saturated heterocycles. The van der Waals surface area contributed by atoms with E-state index in [9.17, 15) is 9.59 Å². The van der Waals surface area contributed by atoms with Gasteiger partial charge < -0.3 is 19.5 Å². The molecule has 8 heteroatoms. The number of carbonyl (C=O) groups is 2. The highest BCUT2D eigenvalue weighted by atomic mass is 32.1. The van der Waals surface area contributed by atoms with Crippen LogP contribution in [-0.2, 0) is 24.2 Å². The first-order valence-electron chi connectivity index (χ1n) is 12.3. The zero-order valence-corrected chi connectivity index (χ0v) is 21.8. The summed E-state index contributed by atoms with van der Waals surface area (Å²) in [5.41, 5.74) is 3.12. The lowest BCUT2D eigenvalue weighted by molar-refractivity contribution is 0.0526. The van der Waals surface area contributed by atoms with Crippen LogP contribution >= 0.6 is 11.3 Å². The summed E-state index contributed by atoms with van der Waals surface area (Å²) in [7, 11) is 0. The lowest BCUT2D eigenvalue weighted by atomic mass is 10.0. The maximum Gasteiger partial charge on any atom is 0.341 e. The van der Waals surface area contributed by atoms with Gasteiger partial charge in [-0.05, 0) is 56.5 Å². The molecule has 36 heavy (non-hydrogen) atoms. The summed E-state index contributed by atoms with van der Waals surface area (Å²) in [5.74, 6) is 0.389. The van der Waals surface area contributed by atoms with Gasteiger partial charge >= 0.3 is 5.97 Å². The van der Waals surface area contributed by atoms with E-state index in [1.54, 1.807) is 25.1 Å². The van der Waals surface area contributed by atoms with Gasteiger partial charge in [-0.3, -0.25) is 9.69 Å². The molecule has 0 fully saturated rings. The summed E-state index contributed by atoms with van der Waals surface area (Å²) in [6, 6.07) is 15.4. The van der Waals surface area contributed by atoms with E-state index < -0.39 is 5.97 Å². The Hall–Kier alpha value is -3.36. The van der Waals surface area contributed by atoms with E-state index in [0.29, 0.717) is 47.4 Å². The lowest BCUT2D eigenvalue weighted by Gasteiger charge is -2.27. The van der Waals surface area contributed by atoms with E-state index >= 15 is 0 Å². The zero-order valence-electron chi connectivity index (χ0n) is 21.0. The third-order valence-electron chi connectivity index (χ3n) is 5.90. The van der Waals surface area contributed by atoms with Crippen LogP contribution in [0.1, 0.15) is 57.5 Å². The Bertz CT molecular complexity index is 1210. The van der Waals surface area contributed by atoms with Crippen molar-refractivity contribution in [2.45, 2.75) is 40.3 Å². The van der Waals surface area contributed by atoms with Gasteiger partial charge in [0.25, 0.3) is 5.91 Å². The van der Waals surface area contributed by atoms with Gasteiger partial charge in [0.15, 0.2) is 11.5 Å².